The molecule has 0 amide bonds. The lowest BCUT2D eigenvalue weighted by Gasteiger charge is -2.21. The fraction of sp³-hybridized carbons (Fsp3) is 0.938. The lowest BCUT2D eigenvalue weighted by atomic mass is 10.0. The molecule has 492 valence electrons. The van der Waals surface area contributed by atoms with E-state index in [1.54, 1.807) is 0 Å². The highest BCUT2D eigenvalue weighted by molar-refractivity contribution is 7.47. The summed E-state index contributed by atoms with van der Waals surface area (Å²) in [5.41, 5.74) is 0. The molecule has 5 atom stereocenters. The molecular formula is C64H124O17P2. The standard InChI is InChI=1S/C64H124O17P2/c1-54(2)40-32-24-16-13-11-9-10-12-14-18-30-38-46-63(68)80-59(50-74-61(66)44-36-28-22-20-26-34-42-56(5)6)52-78-82(70,71)76-48-58(65)49-77-83(72,73)79-53-60(51-75-62(67)45-37-29-23-21-27-35-43-57(7)8)81-64(69)47-39-31-19-15-17-25-33-41-55(3)4/h54-60,65H,9-53H2,1-8H3,(H,70,71)(H,72,73)/t58-,59-,60-/m1/s1. The number of ether oxygens (including phenoxy) is 4. The van der Waals surface area contributed by atoms with Crippen molar-refractivity contribution in [1.29, 1.82) is 0 Å². The van der Waals surface area contributed by atoms with E-state index in [1.165, 1.54) is 96.3 Å². The zero-order chi connectivity index (χ0) is 61.8. The molecule has 0 aliphatic rings. The van der Waals surface area contributed by atoms with E-state index >= 15 is 0 Å². The van der Waals surface area contributed by atoms with Crippen molar-refractivity contribution in [1.82, 2.24) is 0 Å². The normalized spacial score (nSPS) is 14.4. The predicted octanol–water partition coefficient (Wildman–Crippen LogP) is 17.4. The lowest BCUT2D eigenvalue weighted by Crippen LogP contribution is -2.30. The summed E-state index contributed by atoms with van der Waals surface area (Å²) in [7, 11) is -9.89. The van der Waals surface area contributed by atoms with Gasteiger partial charge in [-0.1, -0.05) is 254 Å². The van der Waals surface area contributed by atoms with E-state index in [1.807, 2.05) is 0 Å². The van der Waals surface area contributed by atoms with Crippen LogP contribution in [-0.4, -0.2) is 96.7 Å². The smallest absolute Gasteiger partial charge is 0.462 e. The number of unbranched alkanes of at least 4 members (excludes halogenated alkanes) is 27. The summed E-state index contributed by atoms with van der Waals surface area (Å²) < 4.78 is 67.9. The molecule has 0 aromatic rings. The monoisotopic (exact) mass is 1230 g/mol. The first kappa shape index (κ1) is 81.1. The van der Waals surface area contributed by atoms with Crippen LogP contribution in [0.5, 0.6) is 0 Å². The van der Waals surface area contributed by atoms with E-state index in [4.69, 9.17) is 37.0 Å². The second-order valence-corrected chi connectivity index (χ2v) is 28.0. The van der Waals surface area contributed by atoms with Gasteiger partial charge in [0, 0.05) is 25.7 Å². The molecule has 0 heterocycles. The Kier molecular flexibility index (Phi) is 53.0. The summed E-state index contributed by atoms with van der Waals surface area (Å²) in [5.74, 6) is 0.688. The molecule has 0 spiro atoms. The molecule has 0 aromatic heterocycles. The van der Waals surface area contributed by atoms with Gasteiger partial charge in [0.2, 0.25) is 0 Å². The van der Waals surface area contributed by atoms with Gasteiger partial charge in [-0.3, -0.25) is 37.3 Å². The van der Waals surface area contributed by atoms with Crippen LogP contribution in [-0.2, 0) is 65.4 Å². The molecule has 83 heavy (non-hydrogen) atoms. The number of hydrogen-bond donors (Lipinski definition) is 3. The number of aliphatic hydroxyl groups excluding tert-OH is 1. The highest BCUT2D eigenvalue weighted by Gasteiger charge is 2.30. The number of aliphatic hydroxyl groups is 1. The van der Waals surface area contributed by atoms with Crippen molar-refractivity contribution in [3.8, 4) is 0 Å². The Bertz CT molecular complexity index is 1660. The minimum Gasteiger partial charge on any atom is -0.462 e. The molecule has 17 nitrogen and oxygen atoms in total. The van der Waals surface area contributed by atoms with Gasteiger partial charge in [-0.05, 0) is 49.4 Å². The Balaban J connectivity index is 5.22. The number of hydrogen-bond acceptors (Lipinski definition) is 15. The van der Waals surface area contributed by atoms with Gasteiger partial charge in [-0.25, -0.2) is 9.13 Å². The van der Waals surface area contributed by atoms with Crippen LogP contribution >= 0.6 is 15.6 Å². The van der Waals surface area contributed by atoms with Crippen LogP contribution in [0.25, 0.3) is 0 Å². The van der Waals surface area contributed by atoms with Crippen molar-refractivity contribution in [3.05, 3.63) is 0 Å². The molecule has 0 bridgehead atoms. The van der Waals surface area contributed by atoms with Gasteiger partial charge in [0.15, 0.2) is 12.2 Å². The summed E-state index contributed by atoms with van der Waals surface area (Å²) in [6, 6.07) is 0. The van der Waals surface area contributed by atoms with Crippen LogP contribution in [0.2, 0.25) is 0 Å². The summed E-state index contributed by atoms with van der Waals surface area (Å²) in [5, 5.41) is 10.5. The second-order valence-electron chi connectivity index (χ2n) is 25.1. The number of phosphoric ester groups is 2. The third-order valence-electron chi connectivity index (χ3n) is 14.6. The molecule has 0 aromatic carbocycles. The first-order valence-electron chi connectivity index (χ1n) is 33.2. The number of carbonyl (C=O) groups excluding carboxylic acids is 4. The van der Waals surface area contributed by atoms with E-state index in [-0.39, 0.29) is 25.7 Å². The molecule has 0 aliphatic heterocycles. The number of phosphoric acid groups is 2. The van der Waals surface area contributed by atoms with Crippen LogP contribution in [0.15, 0.2) is 0 Å². The molecule has 2 unspecified atom stereocenters. The largest absolute Gasteiger partial charge is 0.472 e. The minimum absolute atomic E-state index is 0.102. The average molecular weight is 1230 g/mol. The topological polar surface area (TPSA) is 237 Å². The Hall–Kier alpha value is -1.94. The van der Waals surface area contributed by atoms with Crippen LogP contribution in [0.4, 0.5) is 0 Å². The maximum Gasteiger partial charge on any atom is 0.472 e. The maximum absolute atomic E-state index is 13.0. The van der Waals surface area contributed by atoms with Crippen LogP contribution in [0.3, 0.4) is 0 Å². The quantitative estimate of drug-likeness (QED) is 0.0222. The maximum atomic E-state index is 13.0. The molecule has 0 rings (SSSR count). The van der Waals surface area contributed by atoms with Crippen molar-refractivity contribution >= 4 is 39.5 Å². The Morgan fingerprint density at radius 2 is 0.506 bits per heavy atom. The first-order valence-corrected chi connectivity index (χ1v) is 36.2. The molecule has 0 saturated heterocycles. The van der Waals surface area contributed by atoms with Gasteiger partial charge in [-0.15, -0.1) is 0 Å². The van der Waals surface area contributed by atoms with E-state index in [2.05, 4.69) is 55.4 Å². The number of rotatable bonds is 61. The fourth-order valence-electron chi connectivity index (χ4n) is 9.43. The molecule has 19 heteroatoms. The fourth-order valence-corrected chi connectivity index (χ4v) is 11.0. The van der Waals surface area contributed by atoms with E-state index < -0.39 is 97.5 Å². The van der Waals surface area contributed by atoms with Crippen molar-refractivity contribution in [2.75, 3.05) is 39.6 Å². The Morgan fingerprint density at radius 3 is 0.747 bits per heavy atom. The molecule has 0 fully saturated rings. The van der Waals surface area contributed by atoms with Crippen molar-refractivity contribution in [2.45, 2.75) is 324 Å². The van der Waals surface area contributed by atoms with Gasteiger partial charge < -0.3 is 33.8 Å². The number of carbonyl (C=O) groups is 4. The van der Waals surface area contributed by atoms with Gasteiger partial charge in [-0.2, -0.15) is 0 Å². The summed E-state index contributed by atoms with van der Waals surface area (Å²) >= 11 is 0. The second kappa shape index (κ2) is 54.2. The van der Waals surface area contributed by atoms with Crippen molar-refractivity contribution in [3.63, 3.8) is 0 Å². The number of esters is 4. The summed E-state index contributed by atoms with van der Waals surface area (Å²) in [4.78, 5) is 72.1. The van der Waals surface area contributed by atoms with E-state index in [9.17, 15) is 43.2 Å². The van der Waals surface area contributed by atoms with Crippen LogP contribution < -0.4 is 0 Å². The Morgan fingerprint density at radius 1 is 0.301 bits per heavy atom. The highest BCUT2D eigenvalue weighted by Crippen LogP contribution is 2.45. The minimum atomic E-state index is -4.95. The van der Waals surface area contributed by atoms with E-state index in [0.717, 1.165) is 109 Å². The first-order chi connectivity index (χ1) is 39.6. The Labute approximate surface area is 505 Å². The third-order valence-corrected chi connectivity index (χ3v) is 16.5. The van der Waals surface area contributed by atoms with E-state index in [0.29, 0.717) is 43.4 Å². The van der Waals surface area contributed by atoms with Gasteiger partial charge >= 0.3 is 39.5 Å². The highest BCUT2D eigenvalue weighted by atomic mass is 31.2. The molecule has 0 aliphatic carbocycles. The zero-order valence-electron chi connectivity index (χ0n) is 53.8. The van der Waals surface area contributed by atoms with Gasteiger partial charge in [0.1, 0.15) is 19.3 Å². The molecule has 3 N–H and O–H groups in total. The third kappa shape index (κ3) is 58.8. The van der Waals surface area contributed by atoms with Gasteiger partial charge in [0.25, 0.3) is 0 Å². The zero-order valence-corrected chi connectivity index (χ0v) is 55.6. The molecule has 0 radical (unpaired) electrons. The molecule has 0 saturated carbocycles. The van der Waals surface area contributed by atoms with Crippen molar-refractivity contribution < 1.29 is 80.2 Å². The predicted molar refractivity (Wildman–Crippen MR) is 331 cm³/mol. The summed E-state index contributed by atoms with van der Waals surface area (Å²) in [6.07, 6.45) is 33.9. The van der Waals surface area contributed by atoms with Crippen LogP contribution in [0, 0.1) is 23.7 Å². The van der Waals surface area contributed by atoms with Gasteiger partial charge in [0.05, 0.1) is 26.4 Å². The molecular weight excluding hydrogens is 1100 g/mol. The summed E-state index contributed by atoms with van der Waals surface area (Å²) in [6.45, 7) is 13.9. The lowest BCUT2D eigenvalue weighted by molar-refractivity contribution is -0.161. The van der Waals surface area contributed by atoms with Crippen LogP contribution in [0.1, 0.15) is 306 Å². The van der Waals surface area contributed by atoms with Crippen molar-refractivity contribution in [2.24, 2.45) is 23.7 Å². The SMILES string of the molecule is CC(C)CCCCCCCCCCCCCCC(=O)O[C@H](COC(=O)CCCCCCCCC(C)C)COP(=O)(O)OC[C@@H](O)COP(=O)(O)OC[C@@H](COC(=O)CCCCCCCCC(C)C)OC(=O)CCCCCCCCCC(C)C. The average Bonchev–Trinajstić information content (AvgIpc) is 3.44.